The minimum Gasteiger partial charge on any atom is -0.344 e. The van der Waals surface area contributed by atoms with Crippen LogP contribution in [0.3, 0.4) is 0 Å². The molecule has 0 radical (unpaired) electrons. The number of benzene rings is 1. The van der Waals surface area contributed by atoms with Crippen LogP contribution in [0.4, 0.5) is 4.39 Å². The first-order valence-electron chi connectivity index (χ1n) is 6.19. The lowest BCUT2D eigenvalue weighted by Crippen LogP contribution is -2.11. The average molecular weight is 247 g/mol. The summed E-state index contributed by atoms with van der Waals surface area (Å²) in [5, 5.41) is 0. The first-order valence-corrected chi connectivity index (χ1v) is 6.19. The van der Waals surface area contributed by atoms with Crippen molar-refractivity contribution >= 4 is 0 Å². The lowest BCUT2D eigenvalue weighted by Gasteiger charge is -2.05. The van der Waals surface area contributed by atoms with Crippen LogP contribution in [-0.2, 0) is 0 Å². The summed E-state index contributed by atoms with van der Waals surface area (Å²) in [6.45, 7) is 4.01. The van der Waals surface area contributed by atoms with Gasteiger partial charge in [0.25, 0.3) is 0 Å². The van der Waals surface area contributed by atoms with Gasteiger partial charge in [0.2, 0.25) is 0 Å². The molecule has 96 valence electrons. The molecule has 2 rings (SSSR count). The summed E-state index contributed by atoms with van der Waals surface area (Å²) >= 11 is 0. The van der Waals surface area contributed by atoms with Crippen molar-refractivity contribution in [2.45, 2.75) is 32.7 Å². The number of nitrogens with two attached hydrogens (primary N) is 1. The summed E-state index contributed by atoms with van der Waals surface area (Å²) < 4.78 is 13.2. The summed E-state index contributed by atoms with van der Waals surface area (Å²) in [5.41, 5.74) is 8.50. The van der Waals surface area contributed by atoms with E-state index in [-0.39, 0.29) is 11.9 Å². The Morgan fingerprint density at radius 2 is 2.22 bits per heavy atom. The van der Waals surface area contributed by atoms with E-state index in [4.69, 9.17) is 5.73 Å². The van der Waals surface area contributed by atoms with Crippen LogP contribution in [0.2, 0.25) is 0 Å². The van der Waals surface area contributed by atoms with Gasteiger partial charge in [0.1, 0.15) is 11.6 Å². The van der Waals surface area contributed by atoms with Gasteiger partial charge in [-0.3, -0.25) is 0 Å². The monoisotopic (exact) mass is 247 g/mol. The van der Waals surface area contributed by atoms with Crippen molar-refractivity contribution in [2.24, 2.45) is 5.73 Å². The van der Waals surface area contributed by atoms with Crippen molar-refractivity contribution in [1.82, 2.24) is 9.97 Å². The average Bonchev–Trinajstić information content (AvgIpc) is 2.72. The molecule has 1 atom stereocenters. The van der Waals surface area contributed by atoms with Gasteiger partial charge >= 0.3 is 0 Å². The fraction of sp³-hybridized carbons (Fsp3) is 0.357. The molecule has 1 heterocycles. The van der Waals surface area contributed by atoms with Gasteiger partial charge in [0.15, 0.2) is 0 Å². The van der Waals surface area contributed by atoms with E-state index in [9.17, 15) is 4.39 Å². The minimum atomic E-state index is -0.255. The van der Waals surface area contributed by atoms with Crippen LogP contribution in [-0.4, -0.2) is 9.97 Å². The Hall–Kier alpha value is -1.68. The molecule has 3 nitrogen and oxygen atoms in total. The van der Waals surface area contributed by atoms with E-state index in [1.165, 1.54) is 12.1 Å². The fourth-order valence-electron chi connectivity index (χ4n) is 2.02. The zero-order valence-corrected chi connectivity index (χ0v) is 10.7. The molecule has 2 aromatic rings. The van der Waals surface area contributed by atoms with E-state index in [2.05, 4.69) is 16.9 Å². The molecule has 0 aliphatic heterocycles. The zero-order valence-electron chi connectivity index (χ0n) is 10.7. The van der Waals surface area contributed by atoms with Gasteiger partial charge in [-0.1, -0.05) is 25.5 Å². The second-order valence-electron chi connectivity index (χ2n) is 4.50. The molecule has 0 amide bonds. The van der Waals surface area contributed by atoms with Gasteiger partial charge in [-0.05, 0) is 25.5 Å². The second-order valence-corrected chi connectivity index (χ2v) is 4.50. The van der Waals surface area contributed by atoms with E-state index in [0.717, 1.165) is 35.6 Å². The molecule has 0 bridgehead atoms. The fourth-order valence-corrected chi connectivity index (χ4v) is 2.02. The number of imidazole rings is 1. The molecular formula is C14H18FN3. The van der Waals surface area contributed by atoms with Crippen molar-refractivity contribution < 1.29 is 4.39 Å². The Morgan fingerprint density at radius 1 is 1.44 bits per heavy atom. The quantitative estimate of drug-likeness (QED) is 0.870. The molecule has 1 aromatic carbocycles. The summed E-state index contributed by atoms with van der Waals surface area (Å²) in [6, 6.07) is 6.36. The normalized spacial score (nSPS) is 12.7. The molecule has 0 aliphatic carbocycles. The number of nitrogens with zero attached hydrogens (tertiary/aromatic N) is 1. The molecule has 0 aliphatic rings. The Balaban J connectivity index is 2.35. The van der Waals surface area contributed by atoms with Gasteiger partial charge in [-0.2, -0.15) is 0 Å². The summed E-state index contributed by atoms with van der Waals surface area (Å²) in [7, 11) is 0. The number of aryl methyl sites for hydroxylation is 1. The van der Waals surface area contributed by atoms with Crippen LogP contribution in [0.25, 0.3) is 11.3 Å². The molecule has 4 heteroatoms. The van der Waals surface area contributed by atoms with Gasteiger partial charge in [0, 0.05) is 11.3 Å². The smallest absolute Gasteiger partial charge is 0.123 e. The van der Waals surface area contributed by atoms with Crippen molar-refractivity contribution in [3.8, 4) is 11.3 Å². The maximum Gasteiger partial charge on any atom is 0.123 e. The van der Waals surface area contributed by atoms with Crippen LogP contribution in [0, 0.1) is 12.7 Å². The van der Waals surface area contributed by atoms with Crippen LogP contribution in [0.5, 0.6) is 0 Å². The Bertz CT molecular complexity index is 534. The second kappa shape index (κ2) is 5.31. The molecule has 18 heavy (non-hydrogen) atoms. The third-order valence-corrected chi connectivity index (χ3v) is 2.95. The summed E-state index contributed by atoms with van der Waals surface area (Å²) in [4.78, 5) is 7.68. The van der Waals surface area contributed by atoms with Gasteiger partial charge < -0.3 is 10.7 Å². The van der Waals surface area contributed by atoms with Crippen LogP contribution >= 0.6 is 0 Å². The van der Waals surface area contributed by atoms with Crippen LogP contribution in [0.1, 0.15) is 37.3 Å². The zero-order chi connectivity index (χ0) is 13.1. The summed E-state index contributed by atoms with van der Waals surface area (Å²) in [6.07, 6.45) is 1.89. The highest BCUT2D eigenvalue weighted by Crippen LogP contribution is 2.24. The van der Waals surface area contributed by atoms with Crippen molar-refractivity contribution in [1.29, 1.82) is 0 Å². The predicted octanol–water partition coefficient (Wildman–Crippen LogP) is 3.32. The van der Waals surface area contributed by atoms with Gasteiger partial charge in [-0.25, -0.2) is 9.37 Å². The molecule has 3 N–H and O–H groups in total. The van der Waals surface area contributed by atoms with E-state index in [1.807, 2.05) is 13.0 Å². The minimum absolute atomic E-state index is 0.0870. The highest BCUT2D eigenvalue weighted by atomic mass is 19.1. The Kier molecular flexibility index (Phi) is 3.77. The Labute approximate surface area is 106 Å². The maximum absolute atomic E-state index is 13.2. The molecule has 0 spiro atoms. The van der Waals surface area contributed by atoms with Gasteiger partial charge in [-0.15, -0.1) is 0 Å². The number of hydrogen-bond donors (Lipinski definition) is 2. The third-order valence-electron chi connectivity index (χ3n) is 2.95. The molecular weight excluding hydrogens is 229 g/mol. The highest BCUT2D eigenvalue weighted by molar-refractivity contribution is 5.61. The topological polar surface area (TPSA) is 54.7 Å². The van der Waals surface area contributed by atoms with Crippen molar-refractivity contribution in [3.05, 3.63) is 41.6 Å². The van der Waals surface area contributed by atoms with E-state index < -0.39 is 0 Å². The largest absolute Gasteiger partial charge is 0.344 e. The standard InChI is InChI=1S/C14H18FN3/c1-3-5-12(16)14-17-9(2)13(18-14)10-6-4-7-11(15)8-10/h4,6-8,12H,3,5,16H2,1-2H3,(H,17,18). The molecule has 0 fully saturated rings. The number of aromatic amines is 1. The lowest BCUT2D eigenvalue weighted by atomic mass is 10.1. The molecule has 0 saturated carbocycles. The lowest BCUT2D eigenvalue weighted by molar-refractivity contribution is 0.608. The first kappa shape index (κ1) is 12.8. The maximum atomic E-state index is 13.2. The SMILES string of the molecule is CCCC(N)c1nc(-c2cccc(F)c2)c(C)[nH]1. The molecule has 1 unspecified atom stereocenters. The number of rotatable bonds is 4. The number of hydrogen-bond acceptors (Lipinski definition) is 2. The van der Waals surface area contributed by atoms with E-state index in [0.29, 0.717) is 0 Å². The van der Waals surface area contributed by atoms with Crippen molar-refractivity contribution in [3.63, 3.8) is 0 Å². The van der Waals surface area contributed by atoms with Gasteiger partial charge in [0.05, 0.1) is 11.7 Å². The number of halogens is 1. The molecule has 0 saturated heterocycles. The van der Waals surface area contributed by atoms with E-state index in [1.54, 1.807) is 6.07 Å². The first-order chi connectivity index (χ1) is 8.61. The third kappa shape index (κ3) is 2.59. The number of aromatic nitrogens is 2. The van der Waals surface area contributed by atoms with Crippen molar-refractivity contribution in [2.75, 3.05) is 0 Å². The molecule has 1 aromatic heterocycles. The number of H-pyrrole nitrogens is 1. The van der Waals surface area contributed by atoms with Crippen LogP contribution in [0.15, 0.2) is 24.3 Å². The Morgan fingerprint density at radius 3 is 2.89 bits per heavy atom. The van der Waals surface area contributed by atoms with E-state index >= 15 is 0 Å². The number of nitrogens with one attached hydrogen (secondary N) is 1. The predicted molar refractivity (Wildman–Crippen MR) is 70.6 cm³/mol. The van der Waals surface area contributed by atoms with Crippen LogP contribution < -0.4 is 5.73 Å². The highest BCUT2D eigenvalue weighted by Gasteiger charge is 2.14. The summed E-state index contributed by atoms with van der Waals surface area (Å²) in [5.74, 6) is 0.517.